The molecule has 1 aromatic rings. The molecule has 8 heteroatoms. The number of aliphatic hydroxyl groups excluding tert-OH is 1. The van der Waals surface area contributed by atoms with E-state index in [2.05, 4.69) is 5.10 Å². The van der Waals surface area contributed by atoms with E-state index in [9.17, 15) is 18.0 Å². The number of likely N-dealkylation sites (N-methyl/N-ethyl adjacent to an activating group) is 1. The molecule has 0 unspecified atom stereocenters. The lowest BCUT2D eigenvalue weighted by atomic mass is 9.82. The number of aromatic nitrogens is 2. The lowest BCUT2D eigenvalue weighted by Crippen LogP contribution is -2.40. The highest BCUT2D eigenvalue weighted by Gasteiger charge is 2.34. The molecule has 1 saturated carbocycles. The first-order valence-corrected chi connectivity index (χ1v) is 6.28. The van der Waals surface area contributed by atoms with Gasteiger partial charge in [-0.2, -0.15) is 18.3 Å². The summed E-state index contributed by atoms with van der Waals surface area (Å²) < 4.78 is 38.1. The molecular weight excluding hydrogens is 275 g/mol. The third-order valence-corrected chi connectivity index (χ3v) is 3.40. The molecule has 2 rings (SSSR count). The Labute approximate surface area is 114 Å². The second kappa shape index (κ2) is 5.43. The van der Waals surface area contributed by atoms with E-state index in [0.717, 1.165) is 16.9 Å². The SMILES string of the molecule is CN(CC1CC(O)C1)C(=O)Cn1ccc(C(F)(F)F)n1. The molecule has 1 heterocycles. The monoisotopic (exact) mass is 291 g/mol. The summed E-state index contributed by atoms with van der Waals surface area (Å²) in [5.74, 6) is -0.0366. The fourth-order valence-corrected chi connectivity index (χ4v) is 2.20. The largest absolute Gasteiger partial charge is 0.435 e. The van der Waals surface area contributed by atoms with Crippen LogP contribution < -0.4 is 0 Å². The van der Waals surface area contributed by atoms with Crippen molar-refractivity contribution in [2.24, 2.45) is 5.92 Å². The molecule has 0 aromatic carbocycles. The summed E-state index contributed by atoms with van der Waals surface area (Å²) in [5.41, 5.74) is -1.00. The fraction of sp³-hybridized carbons (Fsp3) is 0.667. The molecule has 5 nitrogen and oxygen atoms in total. The lowest BCUT2D eigenvalue weighted by Gasteiger charge is -2.34. The quantitative estimate of drug-likeness (QED) is 0.904. The second-order valence-corrected chi connectivity index (χ2v) is 5.16. The molecule has 112 valence electrons. The zero-order valence-corrected chi connectivity index (χ0v) is 11.0. The number of carbonyl (C=O) groups excluding carboxylic acids is 1. The van der Waals surface area contributed by atoms with Gasteiger partial charge in [0.2, 0.25) is 5.91 Å². The predicted octanol–water partition coefficient (Wildman–Crippen LogP) is 1.13. The van der Waals surface area contributed by atoms with Crippen molar-refractivity contribution in [1.29, 1.82) is 0 Å². The first-order chi connectivity index (χ1) is 9.25. The zero-order chi connectivity index (χ0) is 14.9. The van der Waals surface area contributed by atoms with Crippen LogP contribution in [0.15, 0.2) is 12.3 Å². The van der Waals surface area contributed by atoms with Crippen LogP contribution in [0.5, 0.6) is 0 Å². The van der Waals surface area contributed by atoms with Crippen LogP contribution in [0.3, 0.4) is 0 Å². The van der Waals surface area contributed by atoms with Crippen molar-refractivity contribution in [3.8, 4) is 0 Å². The third kappa shape index (κ3) is 3.50. The number of rotatable bonds is 4. The Morgan fingerprint density at radius 1 is 1.55 bits per heavy atom. The Bertz CT molecular complexity index is 481. The minimum absolute atomic E-state index is 0.220. The van der Waals surface area contributed by atoms with Crippen molar-refractivity contribution in [3.05, 3.63) is 18.0 Å². The Hall–Kier alpha value is -1.57. The molecule has 0 bridgehead atoms. The van der Waals surface area contributed by atoms with E-state index in [1.54, 1.807) is 7.05 Å². The molecule has 1 aliphatic rings. The molecule has 1 N–H and O–H groups in total. The number of nitrogens with zero attached hydrogens (tertiary/aromatic N) is 3. The molecule has 20 heavy (non-hydrogen) atoms. The van der Waals surface area contributed by atoms with Crippen molar-refractivity contribution >= 4 is 5.91 Å². The van der Waals surface area contributed by atoms with Gasteiger partial charge in [0.1, 0.15) is 6.54 Å². The van der Waals surface area contributed by atoms with Gasteiger partial charge in [-0.1, -0.05) is 0 Å². The van der Waals surface area contributed by atoms with Gasteiger partial charge in [-0.05, 0) is 24.8 Å². The minimum atomic E-state index is -4.50. The van der Waals surface area contributed by atoms with Gasteiger partial charge in [0, 0.05) is 19.8 Å². The molecule has 1 aromatic heterocycles. The number of hydrogen-bond acceptors (Lipinski definition) is 3. The van der Waals surface area contributed by atoms with Gasteiger partial charge in [-0.25, -0.2) is 0 Å². The topological polar surface area (TPSA) is 58.4 Å². The van der Waals surface area contributed by atoms with Gasteiger partial charge in [-0.3, -0.25) is 9.48 Å². The van der Waals surface area contributed by atoms with Crippen molar-refractivity contribution in [3.63, 3.8) is 0 Å². The Morgan fingerprint density at radius 2 is 2.20 bits per heavy atom. The van der Waals surface area contributed by atoms with E-state index in [1.165, 1.54) is 4.90 Å². The molecule has 0 spiro atoms. The molecule has 1 fully saturated rings. The fourth-order valence-electron chi connectivity index (χ4n) is 2.20. The predicted molar refractivity (Wildman–Crippen MR) is 63.6 cm³/mol. The van der Waals surface area contributed by atoms with E-state index >= 15 is 0 Å². The van der Waals surface area contributed by atoms with Crippen molar-refractivity contribution in [2.75, 3.05) is 13.6 Å². The van der Waals surface area contributed by atoms with E-state index < -0.39 is 11.9 Å². The van der Waals surface area contributed by atoms with Crippen LogP contribution in [-0.2, 0) is 17.5 Å². The Morgan fingerprint density at radius 3 is 2.70 bits per heavy atom. The standard InChI is InChI=1S/C12H16F3N3O2/c1-17(6-8-4-9(19)5-8)11(20)7-18-3-2-10(16-18)12(13,14)15/h2-3,8-9,19H,4-7H2,1H3. The third-order valence-electron chi connectivity index (χ3n) is 3.40. The molecular formula is C12H16F3N3O2. The lowest BCUT2D eigenvalue weighted by molar-refractivity contribution is -0.142. The van der Waals surface area contributed by atoms with Crippen LogP contribution >= 0.6 is 0 Å². The van der Waals surface area contributed by atoms with Gasteiger partial charge in [0.05, 0.1) is 6.10 Å². The van der Waals surface area contributed by atoms with Gasteiger partial charge in [0.15, 0.2) is 5.69 Å². The minimum Gasteiger partial charge on any atom is -0.393 e. The highest BCUT2D eigenvalue weighted by atomic mass is 19.4. The van der Waals surface area contributed by atoms with Crippen molar-refractivity contribution in [1.82, 2.24) is 14.7 Å². The summed E-state index contributed by atoms with van der Waals surface area (Å²) >= 11 is 0. The number of alkyl halides is 3. The van der Waals surface area contributed by atoms with E-state index in [-0.39, 0.29) is 24.5 Å². The average molecular weight is 291 g/mol. The summed E-state index contributed by atoms with van der Waals surface area (Å²) in [7, 11) is 1.60. The van der Waals surface area contributed by atoms with Crippen LogP contribution in [0.2, 0.25) is 0 Å². The van der Waals surface area contributed by atoms with Gasteiger partial charge in [-0.15, -0.1) is 0 Å². The van der Waals surface area contributed by atoms with Crippen LogP contribution in [0, 0.1) is 5.92 Å². The summed E-state index contributed by atoms with van der Waals surface area (Å²) in [6.07, 6.45) is -2.32. The van der Waals surface area contributed by atoms with Gasteiger partial charge in [0.25, 0.3) is 0 Å². The van der Waals surface area contributed by atoms with Gasteiger partial charge < -0.3 is 10.0 Å². The maximum atomic E-state index is 12.4. The molecule has 0 aliphatic heterocycles. The molecule has 1 amide bonds. The van der Waals surface area contributed by atoms with Crippen LogP contribution in [0.25, 0.3) is 0 Å². The number of amides is 1. The Balaban J connectivity index is 1.86. The number of halogens is 3. The summed E-state index contributed by atoms with van der Waals surface area (Å²) in [6.45, 7) is 0.283. The molecule has 0 radical (unpaired) electrons. The number of carbonyl (C=O) groups is 1. The first-order valence-electron chi connectivity index (χ1n) is 6.28. The summed E-state index contributed by atoms with van der Waals surface area (Å²) in [6, 6.07) is 0.843. The van der Waals surface area contributed by atoms with Crippen LogP contribution in [-0.4, -0.2) is 45.4 Å². The molecule has 0 saturated heterocycles. The normalized spacial score (nSPS) is 22.4. The molecule has 1 aliphatic carbocycles. The van der Waals surface area contributed by atoms with Crippen LogP contribution in [0.1, 0.15) is 18.5 Å². The highest BCUT2D eigenvalue weighted by Crippen LogP contribution is 2.28. The van der Waals surface area contributed by atoms with Crippen molar-refractivity contribution in [2.45, 2.75) is 31.7 Å². The van der Waals surface area contributed by atoms with E-state index in [4.69, 9.17) is 5.11 Å². The highest BCUT2D eigenvalue weighted by molar-refractivity contribution is 5.75. The molecule has 0 atom stereocenters. The first kappa shape index (κ1) is 14.8. The van der Waals surface area contributed by atoms with E-state index in [0.29, 0.717) is 19.4 Å². The second-order valence-electron chi connectivity index (χ2n) is 5.16. The summed E-state index contributed by atoms with van der Waals surface area (Å²) in [5, 5.41) is 12.5. The number of aliphatic hydroxyl groups is 1. The zero-order valence-electron chi connectivity index (χ0n) is 11.0. The van der Waals surface area contributed by atoms with Crippen molar-refractivity contribution < 1.29 is 23.1 Å². The van der Waals surface area contributed by atoms with Gasteiger partial charge >= 0.3 is 6.18 Å². The maximum absolute atomic E-state index is 12.4. The smallest absolute Gasteiger partial charge is 0.393 e. The summed E-state index contributed by atoms with van der Waals surface area (Å²) in [4.78, 5) is 13.3. The average Bonchev–Trinajstić information content (AvgIpc) is 2.75. The maximum Gasteiger partial charge on any atom is 0.435 e. The van der Waals surface area contributed by atoms with E-state index in [1.807, 2.05) is 0 Å². The van der Waals surface area contributed by atoms with Crippen LogP contribution in [0.4, 0.5) is 13.2 Å². The number of hydrogen-bond donors (Lipinski definition) is 1. The Kier molecular flexibility index (Phi) is 4.03.